The van der Waals surface area contributed by atoms with Gasteiger partial charge in [0, 0.05) is 17.2 Å². The van der Waals surface area contributed by atoms with Gasteiger partial charge in [0.2, 0.25) is 0 Å². The molecule has 0 amide bonds. The Hall–Kier alpha value is -2.50. The van der Waals surface area contributed by atoms with Crippen LogP contribution in [0.1, 0.15) is 30.4 Å². The van der Waals surface area contributed by atoms with E-state index in [-0.39, 0.29) is 17.4 Å². The second kappa shape index (κ2) is 5.36. The van der Waals surface area contributed by atoms with Crippen LogP contribution < -0.4 is 5.43 Å². The summed E-state index contributed by atoms with van der Waals surface area (Å²) in [6, 6.07) is 5.54. The van der Waals surface area contributed by atoms with Gasteiger partial charge in [-0.1, -0.05) is 6.92 Å². The van der Waals surface area contributed by atoms with Crippen molar-refractivity contribution in [3.8, 4) is 5.75 Å². The van der Waals surface area contributed by atoms with E-state index in [4.69, 9.17) is 0 Å². The van der Waals surface area contributed by atoms with Crippen LogP contribution in [0.15, 0.2) is 35.4 Å². The van der Waals surface area contributed by atoms with Crippen molar-refractivity contribution in [3.63, 3.8) is 0 Å². The lowest BCUT2D eigenvalue weighted by atomic mass is 10.0. The van der Waals surface area contributed by atoms with Gasteiger partial charge in [-0.25, -0.2) is 13.2 Å². The molecule has 3 rings (SSSR count). The fraction of sp³-hybridized carbons (Fsp3) is 0.188. The predicted molar refractivity (Wildman–Crippen MR) is 77.6 cm³/mol. The first kappa shape index (κ1) is 14.4. The highest BCUT2D eigenvalue weighted by atomic mass is 19.1. The maximum Gasteiger partial charge on any atom is 0.151 e. The summed E-state index contributed by atoms with van der Waals surface area (Å²) in [5, 5.41) is 14.0. The van der Waals surface area contributed by atoms with Crippen LogP contribution in [0.4, 0.5) is 18.9 Å². The van der Waals surface area contributed by atoms with Crippen molar-refractivity contribution < 1.29 is 18.3 Å². The molecule has 22 heavy (non-hydrogen) atoms. The van der Waals surface area contributed by atoms with Crippen molar-refractivity contribution in [2.75, 3.05) is 5.43 Å². The van der Waals surface area contributed by atoms with E-state index in [2.05, 4.69) is 10.5 Å². The maximum atomic E-state index is 13.9. The number of benzene rings is 2. The van der Waals surface area contributed by atoms with E-state index >= 15 is 0 Å². The number of anilines is 1. The summed E-state index contributed by atoms with van der Waals surface area (Å²) in [5.41, 5.74) is 3.68. The third-order valence-electron chi connectivity index (χ3n) is 3.69. The van der Waals surface area contributed by atoms with Gasteiger partial charge in [-0.3, -0.25) is 5.43 Å². The van der Waals surface area contributed by atoms with E-state index in [1.54, 1.807) is 0 Å². The van der Waals surface area contributed by atoms with E-state index in [0.717, 1.165) is 12.1 Å². The Kier molecular flexibility index (Phi) is 3.52. The van der Waals surface area contributed by atoms with Crippen molar-refractivity contribution in [3.05, 3.63) is 58.9 Å². The minimum atomic E-state index is -0.779. The van der Waals surface area contributed by atoms with E-state index in [1.165, 1.54) is 18.2 Å². The highest BCUT2D eigenvalue weighted by Gasteiger charge is 2.30. The molecule has 0 radical (unpaired) electrons. The minimum Gasteiger partial charge on any atom is -0.507 e. The molecule has 2 aromatic rings. The normalized spacial score (nSPS) is 18.5. The number of hydrogen-bond acceptors (Lipinski definition) is 3. The smallest absolute Gasteiger partial charge is 0.151 e. The summed E-state index contributed by atoms with van der Waals surface area (Å²) in [7, 11) is 0. The summed E-state index contributed by atoms with van der Waals surface area (Å²) in [6.07, 6.45) is 0.416. The van der Waals surface area contributed by atoms with Gasteiger partial charge in [0.25, 0.3) is 0 Å². The summed E-state index contributed by atoms with van der Waals surface area (Å²) in [4.78, 5) is 0. The fourth-order valence-corrected chi connectivity index (χ4v) is 2.67. The molecule has 3 nitrogen and oxygen atoms in total. The largest absolute Gasteiger partial charge is 0.507 e. The van der Waals surface area contributed by atoms with Crippen LogP contribution in [0.2, 0.25) is 0 Å². The summed E-state index contributed by atoms with van der Waals surface area (Å²) >= 11 is 0. The quantitative estimate of drug-likeness (QED) is 0.819. The van der Waals surface area contributed by atoms with Crippen molar-refractivity contribution in [1.82, 2.24) is 0 Å². The van der Waals surface area contributed by atoms with Gasteiger partial charge in [-0.2, -0.15) is 5.10 Å². The van der Waals surface area contributed by atoms with Gasteiger partial charge in [0.05, 0.1) is 11.4 Å². The lowest BCUT2D eigenvalue weighted by Gasteiger charge is -2.07. The lowest BCUT2D eigenvalue weighted by molar-refractivity contribution is 0.470. The molecule has 0 heterocycles. The van der Waals surface area contributed by atoms with Crippen LogP contribution in [0.25, 0.3) is 0 Å². The molecular formula is C16H13F3N2O. The summed E-state index contributed by atoms with van der Waals surface area (Å²) in [5.74, 6) is -2.07. The van der Waals surface area contributed by atoms with E-state index in [1.807, 2.05) is 6.92 Å². The van der Waals surface area contributed by atoms with Crippen LogP contribution >= 0.6 is 0 Å². The zero-order valence-electron chi connectivity index (χ0n) is 11.7. The Balaban J connectivity index is 1.96. The molecule has 1 aliphatic carbocycles. The van der Waals surface area contributed by atoms with Crippen LogP contribution in [-0.2, 0) is 0 Å². The summed E-state index contributed by atoms with van der Waals surface area (Å²) in [6.45, 7) is 1.82. The van der Waals surface area contributed by atoms with Crippen molar-refractivity contribution in [2.45, 2.75) is 19.3 Å². The van der Waals surface area contributed by atoms with Gasteiger partial charge in [0.1, 0.15) is 17.4 Å². The minimum absolute atomic E-state index is 0.00546. The first-order valence-corrected chi connectivity index (χ1v) is 6.76. The number of hydrogen-bond donors (Lipinski definition) is 2. The van der Waals surface area contributed by atoms with E-state index < -0.39 is 17.5 Å². The number of phenolic OH excluding ortho intramolecular Hbond substituents is 1. The first-order chi connectivity index (χ1) is 10.5. The molecule has 0 unspecified atom stereocenters. The van der Waals surface area contributed by atoms with Gasteiger partial charge >= 0.3 is 0 Å². The molecule has 0 saturated heterocycles. The molecule has 2 aromatic carbocycles. The Morgan fingerprint density at radius 3 is 2.64 bits per heavy atom. The third kappa shape index (κ3) is 2.41. The molecule has 0 aliphatic heterocycles. The molecule has 2 N–H and O–H groups in total. The number of rotatable bonds is 2. The standard InChI is InChI=1S/C16H13F3N2O/c1-8-6-13(16-14(22)5-3-10(18)15(8)16)21-20-12-4-2-9(17)7-11(12)19/h2-5,7-8,20,22H,6H2,1H3/b21-13+/t8-/m1/s1. The van der Waals surface area contributed by atoms with Crippen LogP contribution in [0.5, 0.6) is 5.75 Å². The zero-order chi connectivity index (χ0) is 15.9. The third-order valence-corrected chi connectivity index (χ3v) is 3.69. The van der Waals surface area contributed by atoms with Gasteiger partial charge in [-0.05, 0) is 36.6 Å². The monoisotopic (exact) mass is 306 g/mol. The average molecular weight is 306 g/mol. The van der Waals surface area contributed by atoms with Crippen molar-refractivity contribution in [2.24, 2.45) is 5.10 Å². The molecule has 1 aliphatic rings. The molecular weight excluding hydrogens is 293 g/mol. The number of halogens is 3. The van der Waals surface area contributed by atoms with Crippen LogP contribution in [-0.4, -0.2) is 10.8 Å². The molecule has 114 valence electrons. The Labute approximate surface area is 125 Å². The van der Waals surface area contributed by atoms with Crippen LogP contribution in [0, 0.1) is 17.5 Å². The average Bonchev–Trinajstić information content (AvgIpc) is 2.80. The highest BCUT2D eigenvalue weighted by Crippen LogP contribution is 2.39. The fourth-order valence-electron chi connectivity index (χ4n) is 2.67. The first-order valence-electron chi connectivity index (χ1n) is 6.76. The number of hydrazone groups is 1. The number of nitrogens with one attached hydrogen (secondary N) is 1. The Bertz CT molecular complexity index is 774. The predicted octanol–water partition coefficient (Wildman–Crippen LogP) is 4.13. The number of fused-ring (bicyclic) bond motifs is 1. The highest BCUT2D eigenvalue weighted by molar-refractivity contribution is 6.07. The van der Waals surface area contributed by atoms with Gasteiger partial charge < -0.3 is 5.11 Å². The molecule has 0 aromatic heterocycles. The topological polar surface area (TPSA) is 44.6 Å². The molecule has 0 fully saturated rings. The van der Waals surface area contributed by atoms with E-state index in [9.17, 15) is 18.3 Å². The second-order valence-electron chi connectivity index (χ2n) is 5.25. The van der Waals surface area contributed by atoms with Crippen LogP contribution in [0.3, 0.4) is 0 Å². The molecule has 6 heteroatoms. The molecule has 1 atom stereocenters. The number of aromatic hydroxyl groups is 1. The molecule has 0 bridgehead atoms. The van der Waals surface area contributed by atoms with Crippen molar-refractivity contribution in [1.29, 1.82) is 0 Å². The Morgan fingerprint density at radius 1 is 1.14 bits per heavy atom. The van der Waals surface area contributed by atoms with E-state index in [0.29, 0.717) is 23.3 Å². The second-order valence-corrected chi connectivity index (χ2v) is 5.25. The Morgan fingerprint density at radius 2 is 1.91 bits per heavy atom. The van der Waals surface area contributed by atoms with Gasteiger partial charge in [-0.15, -0.1) is 0 Å². The number of nitrogens with zero attached hydrogens (tertiary/aromatic N) is 1. The van der Waals surface area contributed by atoms with Gasteiger partial charge in [0.15, 0.2) is 5.82 Å². The summed E-state index contributed by atoms with van der Waals surface area (Å²) < 4.78 is 40.3. The van der Waals surface area contributed by atoms with Crippen molar-refractivity contribution >= 4 is 11.4 Å². The molecule has 0 saturated carbocycles. The number of phenols is 1. The SMILES string of the molecule is C[C@@H]1C/C(=N\Nc2ccc(F)cc2F)c2c(O)ccc(F)c21. The maximum absolute atomic E-state index is 13.9. The molecule has 0 spiro atoms. The zero-order valence-corrected chi connectivity index (χ0v) is 11.7. The lowest BCUT2D eigenvalue weighted by Crippen LogP contribution is -2.02.